The summed E-state index contributed by atoms with van der Waals surface area (Å²) in [6, 6.07) is 7.23. The van der Waals surface area contributed by atoms with Gasteiger partial charge in [0, 0.05) is 30.9 Å². The van der Waals surface area contributed by atoms with E-state index >= 15 is 0 Å². The Kier molecular flexibility index (Phi) is 4.44. The third kappa shape index (κ3) is 3.15. The van der Waals surface area contributed by atoms with Crippen LogP contribution in [0.2, 0.25) is 0 Å². The Morgan fingerprint density at radius 1 is 1.45 bits per heavy atom. The molecule has 7 heteroatoms. The van der Waals surface area contributed by atoms with Crippen LogP contribution in [0, 0.1) is 5.92 Å². The van der Waals surface area contributed by atoms with Crippen LogP contribution in [-0.4, -0.2) is 35.7 Å². The average Bonchev–Trinajstić information content (AvgIpc) is 3.03. The summed E-state index contributed by atoms with van der Waals surface area (Å²) < 4.78 is 0. The van der Waals surface area contributed by atoms with Gasteiger partial charge in [0.05, 0.1) is 11.4 Å². The first kappa shape index (κ1) is 15.1. The number of carbonyl (C=O) groups excluding carboxylic acids is 2. The molecule has 116 valence electrons. The van der Waals surface area contributed by atoms with E-state index in [9.17, 15) is 9.59 Å². The molecule has 1 aromatic rings. The van der Waals surface area contributed by atoms with E-state index in [2.05, 4.69) is 15.7 Å². The highest BCUT2D eigenvalue weighted by Crippen LogP contribution is 2.29. The Balaban J connectivity index is 1.82. The molecule has 1 fully saturated rings. The fourth-order valence-electron chi connectivity index (χ4n) is 2.41. The summed E-state index contributed by atoms with van der Waals surface area (Å²) in [5, 5.41) is 11.4. The van der Waals surface area contributed by atoms with Crippen molar-refractivity contribution in [3.63, 3.8) is 0 Å². The highest BCUT2D eigenvalue weighted by molar-refractivity contribution is 8.00. The second-order valence-corrected chi connectivity index (χ2v) is 6.58. The van der Waals surface area contributed by atoms with E-state index in [0.717, 1.165) is 12.3 Å². The Bertz CT molecular complexity index is 613. The average molecular weight is 318 g/mol. The van der Waals surface area contributed by atoms with Crippen LogP contribution >= 0.6 is 11.8 Å². The fraction of sp³-hybridized carbons (Fsp3) is 0.400. The molecular weight excluding hydrogens is 300 g/mol. The number of benzene rings is 1. The van der Waals surface area contributed by atoms with Gasteiger partial charge in [-0.15, -0.1) is 11.8 Å². The summed E-state index contributed by atoms with van der Waals surface area (Å²) in [4.78, 5) is 24.4. The summed E-state index contributed by atoms with van der Waals surface area (Å²) in [5.74, 6) is 0.901. The molecule has 3 rings (SSSR count). The number of amides is 2. The maximum absolute atomic E-state index is 12.2. The quantitative estimate of drug-likeness (QED) is 0.889. The number of hydrazone groups is 1. The van der Waals surface area contributed by atoms with Crippen LogP contribution in [0.3, 0.4) is 0 Å². The predicted molar refractivity (Wildman–Crippen MR) is 89.1 cm³/mol. The maximum atomic E-state index is 12.2. The lowest BCUT2D eigenvalue weighted by Crippen LogP contribution is -2.35. The Hall–Kier alpha value is -1.86. The second kappa shape index (κ2) is 6.50. The van der Waals surface area contributed by atoms with Crippen molar-refractivity contribution >= 4 is 41.2 Å². The maximum Gasteiger partial charge on any atom is 0.251 e. The number of para-hydroxylation sites is 2. The van der Waals surface area contributed by atoms with Gasteiger partial charge in [-0.25, -0.2) is 0 Å². The van der Waals surface area contributed by atoms with Crippen molar-refractivity contribution in [2.24, 2.45) is 11.0 Å². The molecule has 0 spiro atoms. The Labute approximate surface area is 133 Å². The first-order valence-electron chi connectivity index (χ1n) is 7.27. The van der Waals surface area contributed by atoms with Gasteiger partial charge in [0.25, 0.3) is 5.91 Å². The van der Waals surface area contributed by atoms with Crippen LogP contribution < -0.4 is 15.6 Å². The van der Waals surface area contributed by atoms with Gasteiger partial charge >= 0.3 is 0 Å². The van der Waals surface area contributed by atoms with Gasteiger partial charge < -0.3 is 5.32 Å². The van der Waals surface area contributed by atoms with Crippen LogP contribution in [0.5, 0.6) is 0 Å². The van der Waals surface area contributed by atoms with Crippen LogP contribution in [-0.2, 0) is 9.59 Å². The van der Waals surface area contributed by atoms with Crippen LogP contribution in [0.4, 0.5) is 11.4 Å². The van der Waals surface area contributed by atoms with Gasteiger partial charge in [0.1, 0.15) is 5.37 Å². The van der Waals surface area contributed by atoms with Gasteiger partial charge in [-0.2, -0.15) is 10.1 Å². The Morgan fingerprint density at radius 3 is 3.00 bits per heavy atom. The molecule has 0 radical (unpaired) electrons. The number of carbonyl (C=O) groups is 2. The molecule has 2 aliphatic rings. The predicted octanol–water partition coefficient (Wildman–Crippen LogP) is 1.65. The van der Waals surface area contributed by atoms with Crippen molar-refractivity contribution in [2.45, 2.75) is 18.7 Å². The molecule has 0 bridgehead atoms. The highest BCUT2D eigenvalue weighted by Gasteiger charge is 2.26. The van der Waals surface area contributed by atoms with Crippen molar-refractivity contribution in [1.82, 2.24) is 5.32 Å². The minimum Gasteiger partial charge on any atom is -0.322 e. The number of hydrogen-bond donors (Lipinski definition) is 2. The standard InChI is InChI=1S/C15H18N4O2S/c1-10-8-13(20)19(17-9-10)12-5-3-2-4-11(12)18-14(21)15-16-6-7-22-15/h2-5,9-10,15-16H,6-8H2,1H3,(H,18,21). The minimum atomic E-state index is -0.242. The Morgan fingerprint density at radius 2 is 2.27 bits per heavy atom. The monoisotopic (exact) mass is 318 g/mol. The SMILES string of the molecule is CC1C=NN(c2ccccc2NC(=O)C2NCCS2)C(=O)C1. The highest BCUT2D eigenvalue weighted by atomic mass is 32.2. The van der Waals surface area contributed by atoms with Gasteiger partial charge in [0.15, 0.2) is 0 Å². The third-order valence-electron chi connectivity index (χ3n) is 3.51. The lowest BCUT2D eigenvalue weighted by Gasteiger charge is -2.25. The zero-order valence-corrected chi connectivity index (χ0v) is 13.1. The van der Waals surface area contributed by atoms with Crippen molar-refractivity contribution < 1.29 is 9.59 Å². The number of nitrogens with zero attached hydrogens (tertiary/aromatic N) is 2. The van der Waals surface area contributed by atoms with Crippen molar-refractivity contribution in [3.8, 4) is 0 Å². The lowest BCUT2D eigenvalue weighted by atomic mass is 10.1. The van der Waals surface area contributed by atoms with E-state index in [-0.39, 0.29) is 23.1 Å². The molecule has 22 heavy (non-hydrogen) atoms. The largest absolute Gasteiger partial charge is 0.322 e. The minimum absolute atomic E-state index is 0.0648. The van der Waals surface area contributed by atoms with Crippen LogP contribution in [0.15, 0.2) is 29.4 Å². The number of hydrogen-bond acceptors (Lipinski definition) is 5. The van der Waals surface area contributed by atoms with Gasteiger partial charge in [-0.1, -0.05) is 19.1 Å². The molecule has 6 nitrogen and oxygen atoms in total. The number of thioether (sulfide) groups is 1. The lowest BCUT2D eigenvalue weighted by molar-refractivity contribution is -0.119. The summed E-state index contributed by atoms with van der Waals surface area (Å²) in [7, 11) is 0. The first-order valence-corrected chi connectivity index (χ1v) is 8.32. The molecule has 2 N–H and O–H groups in total. The molecule has 2 atom stereocenters. The summed E-state index contributed by atoms with van der Waals surface area (Å²) in [5.41, 5.74) is 1.20. The molecule has 2 unspecified atom stereocenters. The van der Waals surface area contributed by atoms with Crippen LogP contribution in [0.25, 0.3) is 0 Å². The molecule has 1 saturated heterocycles. The molecule has 1 aromatic carbocycles. The van der Waals surface area contributed by atoms with E-state index in [1.54, 1.807) is 30.1 Å². The molecule has 2 amide bonds. The zero-order chi connectivity index (χ0) is 15.5. The van der Waals surface area contributed by atoms with E-state index in [1.807, 2.05) is 19.1 Å². The molecule has 0 saturated carbocycles. The normalized spacial score (nSPS) is 24.6. The molecule has 2 aliphatic heterocycles. The molecule has 0 aromatic heterocycles. The van der Waals surface area contributed by atoms with Gasteiger partial charge in [0.2, 0.25) is 5.91 Å². The topological polar surface area (TPSA) is 73.8 Å². The smallest absolute Gasteiger partial charge is 0.251 e. The summed E-state index contributed by atoms with van der Waals surface area (Å²) in [6.45, 7) is 2.78. The summed E-state index contributed by atoms with van der Waals surface area (Å²) >= 11 is 1.58. The number of nitrogens with one attached hydrogen (secondary N) is 2. The fourth-order valence-corrected chi connectivity index (χ4v) is 3.33. The number of anilines is 2. The van der Waals surface area contributed by atoms with Gasteiger partial charge in [-0.3, -0.25) is 14.9 Å². The van der Waals surface area contributed by atoms with E-state index in [4.69, 9.17) is 0 Å². The number of rotatable bonds is 3. The zero-order valence-electron chi connectivity index (χ0n) is 12.3. The van der Waals surface area contributed by atoms with Crippen molar-refractivity contribution in [3.05, 3.63) is 24.3 Å². The molecular formula is C15H18N4O2S. The van der Waals surface area contributed by atoms with E-state index in [0.29, 0.717) is 17.8 Å². The van der Waals surface area contributed by atoms with Crippen LogP contribution in [0.1, 0.15) is 13.3 Å². The third-order valence-corrected chi connectivity index (χ3v) is 4.67. The van der Waals surface area contributed by atoms with Crippen molar-refractivity contribution in [2.75, 3.05) is 22.6 Å². The van der Waals surface area contributed by atoms with E-state index in [1.165, 1.54) is 5.01 Å². The van der Waals surface area contributed by atoms with Gasteiger partial charge in [-0.05, 0) is 12.1 Å². The van der Waals surface area contributed by atoms with E-state index < -0.39 is 0 Å². The first-order chi connectivity index (χ1) is 10.6. The summed E-state index contributed by atoms with van der Waals surface area (Å²) in [6.07, 6.45) is 2.18. The second-order valence-electron chi connectivity index (χ2n) is 5.36. The van der Waals surface area contributed by atoms with Crippen molar-refractivity contribution in [1.29, 1.82) is 0 Å². The molecule has 2 heterocycles. The molecule has 0 aliphatic carbocycles.